The number of carboxylic acid groups (broad SMARTS) is 1. The molecule has 0 amide bonds. The second kappa shape index (κ2) is 5.70. The number of para-hydroxylation sites is 2. The first-order valence-electron chi connectivity index (χ1n) is 5.67. The molecule has 2 aromatic rings. The number of hydrogen-bond acceptors (Lipinski definition) is 4. The van der Waals surface area contributed by atoms with Crippen LogP contribution in [0.5, 0.6) is 5.75 Å². The summed E-state index contributed by atoms with van der Waals surface area (Å²) in [6.45, 7) is 0. The number of aromatic nitrogens is 1. The van der Waals surface area contributed by atoms with Gasteiger partial charge in [0.2, 0.25) is 0 Å². The van der Waals surface area contributed by atoms with E-state index in [9.17, 15) is 18.0 Å². The topological polar surface area (TPSA) is 71.5 Å². The number of nitrogens with one attached hydrogen (secondary N) is 1. The molecule has 1 heterocycles. The monoisotopic (exact) mass is 298 g/mol. The largest absolute Gasteiger partial charge is 0.573 e. The summed E-state index contributed by atoms with van der Waals surface area (Å²) in [5.74, 6) is -1.58. The van der Waals surface area contributed by atoms with Gasteiger partial charge in [0.25, 0.3) is 0 Å². The van der Waals surface area contributed by atoms with Crippen molar-refractivity contribution in [3.63, 3.8) is 0 Å². The molecular weight excluding hydrogens is 289 g/mol. The molecule has 0 saturated carbocycles. The van der Waals surface area contributed by atoms with E-state index in [0.29, 0.717) is 0 Å². The van der Waals surface area contributed by atoms with Crippen LogP contribution in [0.2, 0.25) is 0 Å². The molecule has 0 aliphatic carbocycles. The average molecular weight is 298 g/mol. The van der Waals surface area contributed by atoms with E-state index in [-0.39, 0.29) is 17.2 Å². The van der Waals surface area contributed by atoms with Crippen LogP contribution in [0.15, 0.2) is 42.5 Å². The molecule has 8 heteroatoms. The third kappa shape index (κ3) is 4.10. The van der Waals surface area contributed by atoms with Crippen molar-refractivity contribution in [1.29, 1.82) is 0 Å². The molecule has 5 nitrogen and oxygen atoms in total. The number of ether oxygens (including phenoxy) is 1. The van der Waals surface area contributed by atoms with Gasteiger partial charge in [-0.05, 0) is 24.3 Å². The molecule has 2 rings (SSSR count). The number of carboxylic acids is 1. The third-order valence-electron chi connectivity index (χ3n) is 2.34. The lowest BCUT2D eigenvalue weighted by Crippen LogP contribution is -2.18. The molecule has 21 heavy (non-hydrogen) atoms. The Kier molecular flexibility index (Phi) is 3.97. The van der Waals surface area contributed by atoms with Gasteiger partial charge in [0.15, 0.2) is 11.4 Å². The van der Waals surface area contributed by atoms with Gasteiger partial charge in [0.05, 0.1) is 5.69 Å². The fourth-order valence-corrected chi connectivity index (χ4v) is 1.55. The Balaban J connectivity index is 2.27. The average Bonchev–Trinajstić information content (AvgIpc) is 2.40. The highest BCUT2D eigenvalue weighted by atomic mass is 19.4. The third-order valence-corrected chi connectivity index (χ3v) is 2.34. The van der Waals surface area contributed by atoms with Crippen molar-refractivity contribution in [2.24, 2.45) is 0 Å². The van der Waals surface area contributed by atoms with Gasteiger partial charge >= 0.3 is 12.3 Å². The minimum atomic E-state index is -4.83. The molecule has 0 unspecified atom stereocenters. The molecular formula is C13H9F3N2O3. The minimum Gasteiger partial charge on any atom is -0.477 e. The molecule has 0 aliphatic rings. The summed E-state index contributed by atoms with van der Waals surface area (Å²) in [5, 5.41) is 11.4. The minimum absolute atomic E-state index is 0.0184. The van der Waals surface area contributed by atoms with Crippen LogP contribution in [-0.2, 0) is 0 Å². The predicted octanol–water partition coefficient (Wildman–Crippen LogP) is 3.42. The molecule has 2 N–H and O–H groups in total. The SMILES string of the molecule is O=C(O)c1cccc(Nc2ccccc2OC(F)(F)F)n1. The Hall–Kier alpha value is -2.77. The van der Waals surface area contributed by atoms with E-state index in [2.05, 4.69) is 15.0 Å². The lowest BCUT2D eigenvalue weighted by Gasteiger charge is -2.14. The quantitative estimate of drug-likeness (QED) is 0.905. The normalized spacial score (nSPS) is 11.0. The van der Waals surface area contributed by atoms with E-state index in [1.165, 1.54) is 36.4 Å². The molecule has 0 bridgehead atoms. The zero-order valence-corrected chi connectivity index (χ0v) is 10.4. The van der Waals surface area contributed by atoms with Crippen molar-refractivity contribution >= 4 is 17.5 Å². The lowest BCUT2D eigenvalue weighted by atomic mass is 10.3. The number of rotatable bonds is 4. The Morgan fingerprint density at radius 3 is 2.52 bits per heavy atom. The smallest absolute Gasteiger partial charge is 0.477 e. The summed E-state index contributed by atoms with van der Waals surface area (Å²) >= 11 is 0. The molecule has 0 saturated heterocycles. The Bertz CT molecular complexity index is 659. The number of hydrogen-bond donors (Lipinski definition) is 2. The van der Waals surface area contributed by atoms with Crippen LogP contribution in [0, 0.1) is 0 Å². The van der Waals surface area contributed by atoms with Gasteiger partial charge < -0.3 is 15.2 Å². The Labute approximate surface area is 117 Å². The highest BCUT2D eigenvalue weighted by molar-refractivity contribution is 5.86. The fraction of sp³-hybridized carbons (Fsp3) is 0.0769. The van der Waals surface area contributed by atoms with E-state index >= 15 is 0 Å². The molecule has 0 aliphatic heterocycles. The zero-order chi connectivity index (χ0) is 15.5. The van der Waals surface area contributed by atoms with Gasteiger partial charge in [-0.25, -0.2) is 9.78 Å². The molecule has 1 aromatic carbocycles. The highest BCUT2D eigenvalue weighted by Crippen LogP contribution is 2.31. The summed E-state index contributed by atoms with van der Waals surface area (Å²) in [6, 6.07) is 9.50. The van der Waals surface area contributed by atoms with Crippen LogP contribution in [0.1, 0.15) is 10.5 Å². The van der Waals surface area contributed by atoms with Crippen LogP contribution in [0.3, 0.4) is 0 Å². The maximum absolute atomic E-state index is 12.3. The number of aromatic carboxylic acids is 1. The van der Waals surface area contributed by atoms with Gasteiger partial charge in [-0.1, -0.05) is 18.2 Å². The number of anilines is 2. The van der Waals surface area contributed by atoms with Gasteiger partial charge in [-0.2, -0.15) is 0 Å². The van der Waals surface area contributed by atoms with Crippen LogP contribution in [-0.4, -0.2) is 22.4 Å². The second-order valence-corrected chi connectivity index (χ2v) is 3.88. The van der Waals surface area contributed by atoms with Crippen molar-refractivity contribution in [3.05, 3.63) is 48.2 Å². The van der Waals surface area contributed by atoms with E-state index in [1.807, 2.05) is 0 Å². The first kappa shape index (κ1) is 14.6. The van der Waals surface area contributed by atoms with Crippen molar-refractivity contribution in [3.8, 4) is 5.75 Å². The predicted molar refractivity (Wildman–Crippen MR) is 67.6 cm³/mol. The maximum Gasteiger partial charge on any atom is 0.573 e. The zero-order valence-electron chi connectivity index (χ0n) is 10.4. The summed E-state index contributed by atoms with van der Waals surface area (Å²) in [7, 11) is 0. The second-order valence-electron chi connectivity index (χ2n) is 3.88. The van der Waals surface area contributed by atoms with Gasteiger partial charge in [-0.3, -0.25) is 0 Å². The van der Waals surface area contributed by atoms with Crippen LogP contribution in [0.25, 0.3) is 0 Å². The van der Waals surface area contributed by atoms with Crippen LogP contribution in [0.4, 0.5) is 24.7 Å². The first-order chi connectivity index (χ1) is 9.85. The number of nitrogens with zero attached hydrogens (tertiary/aromatic N) is 1. The number of halogens is 3. The van der Waals surface area contributed by atoms with Crippen LogP contribution < -0.4 is 10.1 Å². The van der Waals surface area contributed by atoms with Gasteiger partial charge in [-0.15, -0.1) is 13.2 Å². The van der Waals surface area contributed by atoms with Crippen molar-refractivity contribution < 1.29 is 27.8 Å². The van der Waals surface area contributed by atoms with E-state index in [4.69, 9.17) is 5.11 Å². The van der Waals surface area contributed by atoms with Crippen molar-refractivity contribution in [2.45, 2.75) is 6.36 Å². The summed E-state index contributed by atoms with van der Waals surface area (Å²) < 4.78 is 40.7. The molecule has 0 fully saturated rings. The van der Waals surface area contributed by atoms with Crippen LogP contribution >= 0.6 is 0 Å². The highest BCUT2D eigenvalue weighted by Gasteiger charge is 2.32. The first-order valence-corrected chi connectivity index (χ1v) is 5.67. The molecule has 0 radical (unpaired) electrons. The maximum atomic E-state index is 12.3. The Morgan fingerprint density at radius 1 is 1.14 bits per heavy atom. The molecule has 0 atom stereocenters. The number of carbonyl (C=O) groups is 1. The number of benzene rings is 1. The van der Waals surface area contributed by atoms with Gasteiger partial charge in [0.1, 0.15) is 5.82 Å². The number of alkyl halides is 3. The lowest BCUT2D eigenvalue weighted by molar-refractivity contribution is -0.274. The van der Waals surface area contributed by atoms with Crippen molar-refractivity contribution in [1.82, 2.24) is 4.98 Å². The summed E-state index contributed by atoms with van der Waals surface area (Å²) in [5.41, 5.74) is -0.209. The molecule has 1 aromatic heterocycles. The fourth-order valence-electron chi connectivity index (χ4n) is 1.55. The van der Waals surface area contributed by atoms with E-state index < -0.39 is 18.1 Å². The Morgan fingerprint density at radius 2 is 1.86 bits per heavy atom. The molecule has 110 valence electrons. The van der Waals surface area contributed by atoms with Gasteiger partial charge in [0, 0.05) is 0 Å². The summed E-state index contributed by atoms with van der Waals surface area (Å²) in [4.78, 5) is 14.6. The number of pyridine rings is 1. The standard InChI is InChI=1S/C13H9F3N2O3/c14-13(15,16)21-10-6-2-1-4-8(10)17-11-7-3-5-9(18-11)12(19)20/h1-7H,(H,17,18)(H,19,20). The summed E-state index contributed by atoms with van der Waals surface area (Å²) in [6.07, 6.45) is -4.83. The molecule has 0 spiro atoms. The van der Waals surface area contributed by atoms with E-state index in [1.54, 1.807) is 0 Å². The van der Waals surface area contributed by atoms with Crippen molar-refractivity contribution in [2.75, 3.05) is 5.32 Å². The van der Waals surface area contributed by atoms with E-state index in [0.717, 1.165) is 6.07 Å².